The third-order valence-electron chi connectivity index (χ3n) is 0.109. The van der Waals surface area contributed by atoms with Gasteiger partial charge >= 0.3 is 0 Å². The average Bonchev–Trinajstić information content (AvgIpc) is 1.38. The van der Waals surface area contributed by atoms with Crippen LogP contribution in [0.5, 0.6) is 0 Å². The quantitative estimate of drug-likeness (QED) is 0.448. The maximum atomic E-state index is 10.7. The van der Waals surface area contributed by atoms with Crippen molar-refractivity contribution in [2.75, 3.05) is 0 Å². The van der Waals surface area contributed by atoms with Crippen LogP contribution in [0.25, 0.3) is 0 Å². The smallest absolute Gasteiger partial charge is 0.217 e. The molecule has 0 amide bonds. The Kier molecular flexibility index (Phi) is 2.18. The first-order valence-corrected chi connectivity index (χ1v) is 1.78. The molecule has 0 aliphatic rings. The Morgan fingerprint density at radius 2 is 2.20 bits per heavy atom. The number of halogens is 1. The van der Waals surface area contributed by atoms with E-state index >= 15 is 0 Å². The molecule has 1 nitrogen and oxygen atoms in total. The van der Waals surface area contributed by atoms with Crippen LogP contribution in [-0.4, -0.2) is 5.12 Å². The number of hydrogen-bond donors (Lipinski definition) is 0. The molecule has 3 heteroatoms. The van der Waals surface area contributed by atoms with Crippen LogP contribution in [0.3, 0.4) is 0 Å². The van der Waals surface area contributed by atoms with Crippen LogP contribution in [0.2, 0.25) is 0 Å². The fourth-order valence-electron chi connectivity index (χ4n) is 0. The predicted octanol–water partition coefficient (Wildman–Crippen LogP) is 1.15. The molecular weight excluding hydrogens is 91.1 g/mol. The summed E-state index contributed by atoms with van der Waals surface area (Å²) in [7, 11) is 0. The molecule has 0 bridgehead atoms. The van der Waals surface area contributed by atoms with E-state index in [1.54, 1.807) is 0 Å². The molecule has 0 aromatic rings. The lowest BCUT2D eigenvalue weighted by Crippen LogP contribution is -1.69. The van der Waals surface area contributed by atoms with Crippen LogP contribution < -0.4 is 0 Å². The summed E-state index contributed by atoms with van der Waals surface area (Å²) in [6.07, 6.45) is 0. The fraction of sp³-hybridized carbons (Fsp3) is 0.500. The first kappa shape index (κ1) is 4.95. The normalized spacial score (nSPS) is 7.60. The summed E-state index contributed by atoms with van der Waals surface area (Å²) < 4.78 is 10.7. The second kappa shape index (κ2) is 2.20. The first-order chi connectivity index (χ1) is 2.27. The highest BCUT2D eigenvalue weighted by atomic mass is 32.2. The van der Waals surface area contributed by atoms with E-state index in [9.17, 15) is 8.68 Å². The van der Waals surface area contributed by atoms with Crippen LogP contribution >= 0.6 is 12.1 Å². The van der Waals surface area contributed by atoms with E-state index in [0.29, 0.717) is 0 Å². The Balaban J connectivity index is 2.85. The van der Waals surface area contributed by atoms with Gasteiger partial charge in [0.15, 0.2) is 0 Å². The largest absolute Gasteiger partial charge is 0.285 e. The summed E-state index contributed by atoms with van der Waals surface area (Å²) in [5.41, 5.74) is 0. The van der Waals surface area contributed by atoms with Crippen molar-refractivity contribution in [3.8, 4) is 0 Å². The molecule has 0 rings (SSSR count). The summed E-state index contributed by atoms with van der Waals surface area (Å²) in [6, 6.07) is 0. The van der Waals surface area contributed by atoms with Gasteiger partial charge in [-0.3, -0.25) is 4.79 Å². The van der Waals surface area contributed by atoms with Gasteiger partial charge in [-0.15, -0.1) is 0 Å². The average molecular weight is 94.1 g/mol. The summed E-state index contributed by atoms with van der Waals surface area (Å²) in [5.74, 6) is 0. The van der Waals surface area contributed by atoms with Crippen molar-refractivity contribution >= 4 is 17.3 Å². The molecule has 0 unspecified atom stereocenters. The SMILES string of the molecule is CC(=O)SF. The van der Waals surface area contributed by atoms with Gasteiger partial charge < -0.3 is 0 Å². The van der Waals surface area contributed by atoms with Crippen LogP contribution in [-0.2, 0) is 4.79 Å². The molecule has 0 aromatic carbocycles. The van der Waals surface area contributed by atoms with Gasteiger partial charge in [0.05, 0.1) is 0 Å². The van der Waals surface area contributed by atoms with Crippen LogP contribution in [0.1, 0.15) is 6.92 Å². The molecular formula is C2H3FOS. The summed E-state index contributed by atoms with van der Waals surface area (Å²) in [5, 5.41) is -0.495. The van der Waals surface area contributed by atoms with Crippen molar-refractivity contribution < 1.29 is 8.68 Å². The minimum absolute atomic E-state index is 0.259. The number of rotatable bonds is 0. The number of carbonyl (C=O) groups excluding carboxylic acids is 1. The second-order valence-electron chi connectivity index (χ2n) is 0.569. The molecule has 0 aromatic heterocycles. The van der Waals surface area contributed by atoms with Crippen LogP contribution in [0.15, 0.2) is 0 Å². The van der Waals surface area contributed by atoms with Crippen molar-refractivity contribution in [3.63, 3.8) is 0 Å². The van der Waals surface area contributed by atoms with Crippen LogP contribution in [0.4, 0.5) is 3.89 Å². The summed E-state index contributed by atoms with van der Waals surface area (Å²) in [4.78, 5) is 9.40. The predicted molar refractivity (Wildman–Crippen MR) is 19.4 cm³/mol. The van der Waals surface area contributed by atoms with E-state index in [-0.39, 0.29) is 12.1 Å². The maximum absolute atomic E-state index is 10.7. The van der Waals surface area contributed by atoms with Gasteiger partial charge in [-0.05, 0) is 0 Å². The molecule has 0 saturated heterocycles. The number of carbonyl (C=O) groups is 1. The standard InChI is InChI=1S/C2H3FOS/c1-2(4)5-3/h1H3. The summed E-state index contributed by atoms with van der Waals surface area (Å²) >= 11 is -0.259. The zero-order valence-electron chi connectivity index (χ0n) is 2.69. The fourth-order valence-corrected chi connectivity index (χ4v) is 0. The van der Waals surface area contributed by atoms with Gasteiger partial charge in [-0.1, -0.05) is 0 Å². The third kappa shape index (κ3) is 3.95. The molecule has 0 saturated carbocycles. The van der Waals surface area contributed by atoms with Crippen molar-refractivity contribution in [2.24, 2.45) is 0 Å². The summed E-state index contributed by atoms with van der Waals surface area (Å²) in [6.45, 7) is 1.17. The zero-order chi connectivity index (χ0) is 4.28. The molecule has 0 radical (unpaired) electrons. The maximum Gasteiger partial charge on any atom is 0.217 e. The Hall–Kier alpha value is -0.0500. The van der Waals surface area contributed by atoms with Crippen molar-refractivity contribution in [2.45, 2.75) is 6.92 Å². The van der Waals surface area contributed by atoms with Crippen molar-refractivity contribution in [1.82, 2.24) is 0 Å². The molecule has 0 heterocycles. The highest BCUT2D eigenvalue weighted by molar-refractivity contribution is 8.09. The van der Waals surface area contributed by atoms with Gasteiger partial charge in [0.2, 0.25) is 5.12 Å². The Morgan fingerprint density at radius 3 is 2.20 bits per heavy atom. The van der Waals surface area contributed by atoms with E-state index in [1.807, 2.05) is 0 Å². The molecule has 0 aliphatic heterocycles. The molecule has 0 spiro atoms. The Labute approximate surface area is 33.8 Å². The molecule has 0 N–H and O–H groups in total. The monoisotopic (exact) mass is 94.0 g/mol. The topological polar surface area (TPSA) is 17.1 Å². The highest BCUT2D eigenvalue weighted by Crippen LogP contribution is 1.97. The lowest BCUT2D eigenvalue weighted by molar-refractivity contribution is -0.109. The Bertz CT molecular complexity index is 44.9. The van der Waals surface area contributed by atoms with E-state index in [1.165, 1.54) is 6.92 Å². The van der Waals surface area contributed by atoms with Gasteiger partial charge in [-0.2, -0.15) is 3.89 Å². The number of hydrogen-bond acceptors (Lipinski definition) is 2. The molecule has 0 atom stereocenters. The van der Waals surface area contributed by atoms with E-state index in [2.05, 4.69) is 0 Å². The minimum Gasteiger partial charge on any atom is -0.285 e. The van der Waals surface area contributed by atoms with Crippen molar-refractivity contribution in [3.05, 3.63) is 0 Å². The lowest BCUT2D eigenvalue weighted by atomic mass is 10.9. The van der Waals surface area contributed by atoms with Gasteiger partial charge in [0.1, 0.15) is 12.1 Å². The minimum atomic E-state index is -0.495. The van der Waals surface area contributed by atoms with Gasteiger partial charge in [-0.25, -0.2) is 0 Å². The zero-order valence-corrected chi connectivity index (χ0v) is 3.51. The molecule has 5 heavy (non-hydrogen) atoms. The Morgan fingerprint density at radius 1 is 2.00 bits per heavy atom. The molecule has 0 fully saturated rings. The molecule has 0 aliphatic carbocycles. The third-order valence-corrected chi connectivity index (χ3v) is 0.326. The lowest BCUT2D eigenvalue weighted by Gasteiger charge is -1.65. The van der Waals surface area contributed by atoms with E-state index in [0.717, 1.165) is 0 Å². The first-order valence-electron chi connectivity index (χ1n) is 1.06. The highest BCUT2D eigenvalue weighted by Gasteiger charge is 1.83. The second-order valence-corrected chi connectivity index (χ2v) is 1.30. The van der Waals surface area contributed by atoms with E-state index in [4.69, 9.17) is 0 Å². The van der Waals surface area contributed by atoms with Crippen molar-refractivity contribution in [1.29, 1.82) is 0 Å². The van der Waals surface area contributed by atoms with E-state index < -0.39 is 5.12 Å². The van der Waals surface area contributed by atoms with Crippen LogP contribution in [0, 0.1) is 0 Å². The van der Waals surface area contributed by atoms with Gasteiger partial charge in [0, 0.05) is 6.92 Å². The molecule has 30 valence electrons. The van der Waals surface area contributed by atoms with Gasteiger partial charge in [0.25, 0.3) is 0 Å².